The van der Waals surface area contributed by atoms with E-state index in [4.69, 9.17) is 9.47 Å². The van der Waals surface area contributed by atoms with E-state index in [0.29, 0.717) is 11.5 Å². The molecular weight excluding hydrogens is 401 g/mol. The van der Waals surface area contributed by atoms with E-state index < -0.39 is 33.8 Å². The highest BCUT2D eigenvalue weighted by molar-refractivity contribution is 7.88. The van der Waals surface area contributed by atoms with Gasteiger partial charge in [0.2, 0.25) is 10.0 Å². The van der Waals surface area contributed by atoms with Crippen LogP contribution < -0.4 is 19.7 Å². The SMILES string of the molecule is C[C@@H](Oc1ccc(Oc2ccc(C(F)(F)F)cc2)cc1)C(=O)NNS(C)(=O)=O. The van der Waals surface area contributed by atoms with Gasteiger partial charge in [0.25, 0.3) is 5.91 Å². The molecule has 0 fully saturated rings. The molecular formula is C17H17F3N2O5S. The molecule has 0 aliphatic rings. The lowest BCUT2D eigenvalue weighted by Crippen LogP contribution is -2.46. The van der Waals surface area contributed by atoms with Gasteiger partial charge in [-0.2, -0.15) is 13.2 Å². The summed E-state index contributed by atoms with van der Waals surface area (Å²) < 4.78 is 70.3. The number of hydrogen-bond donors (Lipinski definition) is 2. The molecule has 1 amide bonds. The fraction of sp³-hybridized carbons (Fsp3) is 0.235. The van der Waals surface area contributed by atoms with Crippen molar-refractivity contribution < 1.29 is 35.9 Å². The normalized spacial score (nSPS) is 12.9. The van der Waals surface area contributed by atoms with Crippen LogP contribution in [0.4, 0.5) is 13.2 Å². The standard InChI is InChI=1S/C17H17F3N2O5S/c1-11(16(23)21-22-28(2,24)25)26-13-7-9-15(10-8-13)27-14-5-3-12(4-6-14)17(18,19)20/h3-11,22H,1-2H3,(H,21,23)/t11-/m1/s1. The van der Waals surface area contributed by atoms with Crippen molar-refractivity contribution in [3.05, 3.63) is 54.1 Å². The summed E-state index contributed by atoms with van der Waals surface area (Å²) in [7, 11) is -3.59. The molecule has 2 aromatic carbocycles. The molecule has 2 N–H and O–H groups in total. The molecule has 0 aromatic heterocycles. The van der Waals surface area contributed by atoms with Crippen LogP contribution in [-0.2, 0) is 21.0 Å². The number of carbonyl (C=O) groups excluding carboxylic acids is 1. The minimum Gasteiger partial charge on any atom is -0.481 e. The summed E-state index contributed by atoms with van der Waals surface area (Å²) in [5, 5.41) is 0. The van der Waals surface area contributed by atoms with Gasteiger partial charge in [-0.3, -0.25) is 10.2 Å². The van der Waals surface area contributed by atoms with Crippen molar-refractivity contribution in [2.75, 3.05) is 6.26 Å². The van der Waals surface area contributed by atoms with Crippen LogP contribution in [0, 0.1) is 0 Å². The van der Waals surface area contributed by atoms with Crippen LogP contribution in [0.2, 0.25) is 0 Å². The number of hydrazine groups is 1. The van der Waals surface area contributed by atoms with Crippen LogP contribution in [0.3, 0.4) is 0 Å². The minimum atomic E-state index is -4.42. The Morgan fingerprint density at radius 3 is 1.89 bits per heavy atom. The van der Waals surface area contributed by atoms with Gasteiger partial charge >= 0.3 is 6.18 Å². The predicted octanol–water partition coefficient (Wildman–Crippen LogP) is 2.85. The second-order valence-corrected chi connectivity index (χ2v) is 7.47. The first-order valence-corrected chi connectivity index (χ1v) is 9.72. The van der Waals surface area contributed by atoms with Gasteiger partial charge < -0.3 is 9.47 Å². The number of amides is 1. The summed E-state index contributed by atoms with van der Waals surface area (Å²) >= 11 is 0. The Morgan fingerprint density at radius 1 is 0.964 bits per heavy atom. The molecule has 152 valence electrons. The molecule has 0 spiro atoms. The van der Waals surface area contributed by atoms with Crippen molar-refractivity contribution in [3.8, 4) is 17.2 Å². The Labute approximate surface area is 159 Å². The van der Waals surface area contributed by atoms with E-state index in [2.05, 4.69) is 0 Å². The summed E-state index contributed by atoms with van der Waals surface area (Å²) in [5.41, 5.74) is 1.22. The first-order chi connectivity index (χ1) is 12.9. The Balaban J connectivity index is 1.93. The van der Waals surface area contributed by atoms with Crippen molar-refractivity contribution in [3.63, 3.8) is 0 Å². The van der Waals surface area contributed by atoms with Crippen LogP contribution in [0.15, 0.2) is 48.5 Å². The third kappa shape index (κ3) is 6.74. The minimum absolute atomic E-state index is 0.223. The van der Waals surface area contributed by atoms with Crippen molar-refractivity contribution in [2.45, 2.75) is 19.2 Å². The summed E-state index contributed by atoms with van der Waals surface area (Å²) in [6, 6.07) is 10.2. The molecule has 0 radical (unpaired) electrons. The van der Waals surface area contributed by atoms with Gasteiger partial charge in [-0.1, -0.05) is 0 Å². The number of hydrogen-bond acceptors (Lipinski definition) is 5. The number of alkyl halides is 3. The second-order valence-electron chi connectivity index (χ2n) is 5.72. The lowest BCUT2D eigenvalue weighted by atomic mass is 10.2. The Kier molecular flexibility index (Phi) is 6.52. The highest BCUT2D eigenvalue weighted by Crippen LogP contribution is 2.31. The highest BCUT2D eigenvalue weighted by Gasteiger charge is 2.30. The van der Waals surface area contributed by atoms with E-state index in [9.17, 15) is 26.4 Å². The van der Waals surface area contributed by atoms with Gasteiger partial charge in [-0.05, 0) is 55.5 Å². The quantitative estimate of drug-likeness (QED) is 0.675. The zero-order chi connectivity index (χ0) is 20.9. The molecule has 2 rings (SSSR count). The van der Waals surface area contributed by atoms with Gasteiger partial charge in [0.1, 0.15) is 17.2 Å². The predicted molar refractivity (Wildman–Crippen MR) is 94.2 cm³/mol. The smallest absolute Gasteiger partial charge is 0.416 e. The molecule has 28 heavy (non-hydrogen) atoms. The number of nitrogens with one attached hydrogen (secondary N) is 2. The monoisotopic (exact) mass is 418 g/mol. The fourth-order valence-corrected chi connectivity index (χ4v) is 2.22. The third-order valence-corrected chi connectivity index (χ3v) is 3.76. The fourth-order valence-electron chi connectivity index (χ4n) is 1.94. The van der Waals surface area contributed by atoms with Crippen molar-refractivity contribution in [2.24, 2.45) is 0 Å². The molecule has 1 atom stereocenters. The molecule has 0 aliphatic heterocycles. The van der Waals surface area contributed by atoms with Crippen LogP contribution >= 0.6 is 0 Å². The molecule has 0 unspecified atom stereocenters. The lowest BCUT2D eigenvalue weighted by Gasteiger charge is -2.15. The van der Waals surface area contributed by atoms with Gasteiger partial charge in [0, 0.05) is 0 Å². The van der Waals surface area contributed by atoms with E-state index >= 15 is 0 Å². The number of rotatable bonds is 7. The molecule has 0 bridgehead atoms. The number of carbonyl (C=O) groups is 1. The molecule has 2 aromatic rings. The van der Waals surface area contributed by atoms with Crippen molar-refractivity contribution >= 4 is 15.9 Å². The average Bonchev–Trinajstić information content (AvgIpc) is 2.60. The Morgan fingerprint density at radius 2 is 1.43 bits per heavy atom. The Bertz CT molecular complexity index is 913. The molecule has 0 heterocycles. The van der Waals surface area contributed by atoms with Gasteiger partial charge in [-0.15, -0.1) is 4.83 Å². The summed E-state index contributed by atoms with van der Waals surface area (Å²) in [6.45, 7) is 1.42. The van der Waals surface area contributed by atoms with Crippen LogP contribution in [0.1, 0.15) is 12.5 Å². The topological polar surface area (TPSA) is 93.7 Å². The number of ether oxygens (including phenoxy) is 2. The summed E-state index contributed by atoms with van der Waals surface area (Å²) in [4.78, 5) is 13.6. The maximum atomic E-state index is 12.5. The van der Waals surface area contributed by atoms with Crippen molar-refractivity contribution in [1.29, 1.82) is 0 Å². The molecule has 11 heteroatoms. The van der Waals surface area contributed by atoms with E-state index in [1.807, 2.05) is 10.3 Å². The zero-order valence-electron chi connectivity index (χ0n) is 14.8. The van der Waals surface area contributed by atoms with Gasteiger partial charge in [-0.25, -0.2) is 8.42 Å². The van der Waals surface area contributed by atoms with Gasteiger partial charge in [0.15, 0.2) is 6.10 Å². The van der Waals surface area contributed by atoms with Crippen LogP contribution in [0.5, 0.6) is 17.2 Å². The third-order valence-electron chi connectivity index (χ3n) is 3.28. The molecule has 0 aliphatic carbocycles. The highest BCUT2D eigenvalue weighted by atomic mass is 32.2. The lowest BCUT2D eigenvalue weighted by molar-refractivity contribution is -0.137. The number of benzene rings is 2. The van der Waals surface area contributed by atoms with E-state index in [-0.39, 0.29) is 5.75 Å². The van der Waals surface area contributed by atoms with E-state index in [1.165, 1.54) is 43.3 Å². The first-order valence-electron chi connectivity index (χ1n) is 7.82. The molecule has 7 nitrogen and oxygen atoms in total. The maximum absolute atomic E-state index is 12.5. The van der Waals surface area contributed by atoms with Crippen molar-refractivity contribution in [1.82, 2.24) is 10.3 Å². The number of halogens is 3. The largest absolute Gasteiger partial charge is 0.481 e. The Hall–Kier alpha value is -2.79. The average molecular weight is 418 g/mol. The maximum Gasteiger partial charge on any atom is 0.416 e. The van der Waals surface area contributed by atoms with Gasteiger partial charge in [0.05, 0.1) is 11.8 Å². The van der Waals surface area contributed by atoms with Crippen LogP contribution in [-0.4, -0.2) is 26.7 Å². The van der Waals surface area contributed by atoms with E-state index in [0.717, 1.165) is 18.4 Å². The second kappa shape index (κ2) is 8.48. The zero-order valence-corrected chi connectivity index (χ0v) is 15.6. The molecule has 0 saturated carbocycles. The van der Waals surface area contributed by atoms with Crippen LogP contribution in [0.25, 0.3) is 0 Å². The van der Waals surface area contributed by atoms with E-state index in [1.54, 1.807) is 0 Å². The summed E-state index contributed by atoms with van der Waals surface area (Å²) in [5.74, 6) is 0.182. The summed E-state index contributed by atoms with van der Waals surface area (Å²) in [6.07, 6.45) is -4.53. The number of sulfonamides is 1. The first kappa shape index (κ1) is 21.5. The molecule has 0 saturated heterocycles.